The van der Waals surface area contributed by atoms with Crippen molar-refractivity contribution in [3.05, 3.63) is 29.3 Å². The molecule has 1 N–H and O–H groups in total. The minimum Gasteiger partial charge on any atom is -0.497 e. The van der Waals surface area contributed by atoms with Gasteiger partial charge in [-0.05, 0) is 42.6 Å². The summed E-state index contributed by atoms with van der Waals surface area (Å²) in [4.78, 5) is 0. The van der Waals surface area contributed by atoms with Gasteiger partial charge in [-0.3, -0.25) is 0 Å². The topological polar surface area (TPSA) is 30.5 Å². The fourth-order valence-electron chi connectivity index (χ4n) is 2.21. The van der Waals surface area contributed by atoms with Crippen LogP contribution in [0.1, 0.15) is 30.5 Å². The smallest absolute Gasteiger partial charge is 0.119 e. The van der Waals surface area contributed by atoms with Gasteiger partial charge >= 0.3 is 0 Å². The number of nitrogens with one attached hydrogen (secondary N) is 1. The van der Waals surface area contributed by atoms with Crippen molar-refractivity contribution in [2.24, 2.45) is 0 Å². The number of methoxy groups -OCH3 is 1. The van der Waals surface area contributed by atoms with Crippen molar-refractivity contribution in [3.8, 4) is 5.75 Å². The number of rotatable bonds is 4. The fraction of sp³-hybridized carbons (Fsp3) is 0.571. The summed E-state index contributed by atoms with van der Waals surface area (Å²) in [7, 11) is 1.71. The van der Waals surface area contributed by atoms with Gasteiger partial charge in [0.15, 0.2) is 0 Å². The molecular formula is C14H21NO2. The average Bonchev–Trinajstić information content (AvgIpc) is 2.57. The van der Waals surface area contributed by atoms with Crippen LogP contribution in [0, 0.1) is 0 Å². The number of benzene rings is 1. The molecule has 0 aliphatic carbocycles. The molecule has 3 nitrogen and oxygen atoms in total. The van der Waals surface area contributed by atoms with Gasteiger partial charge in [0.1, 0.15) is 5.75 Å². The van der Waals surface area contributed by atoms with Crippen molar-refractivity contribution in [1.29, 1.82) is 0 Å². The molecule has 1 atom stereocenters. The summed E-state index contributed by atoms with van der Waals surface area (Å²) in [5, 5.41) is 3.54. The van der Waals surface area contributed by atoms with Crippen LogP contribution in [0.4, 0.5) is 0 Å². The van der Waals surface area contributed by atoms with Crippen LogP contribution in [0.25, 0.3) is 0 Å². The van der Waals surface area contributed by atoms with Gasteiger partial charge in [-0.25, -0.2) is 0 Å². The van der Waals surface area contributed by atoms with Crippen LogP contribution in [-0.2, 0) is 11.2 Å². The molecule has 0 bridgehead atoms. The molecule has 0 spiro atoms. The van der Waals surface area contributed by atoms with Gasteiger partial charge in [-0.2, -0.15) is 0 Å². The second-order valence-corrected chi connectivity index (χ2v) is 4.40. The van der Waals surface area contributed by atoms with Crippen molar-refractivity contribution >= 4 is 0 Å². The summed E-state index contributed by atoms with van der Waals surface area (Å²) in [6, 6.07) is 6.62. The van der Waals surface area contributed by atoms with Crippen LogP contribution in [0.2, 0.25) is 0 Å². The molecule has 17 heavy (non-hydrogen) atoms. The van der Waals surface area contributed by atoms with E-state index in [-0.39, 0.29) is 0 Å². The fourth-order valence-corrected chi connectivity index (χ4v) is 2.21. The molecule has 0 saturated heterocycles. The van der Waals surface area contributed by atoms with Gasteiger partial charge < -0.3 is 14.8 Å². The van der Waals surface area contributed by atoms with E-state index >= 15 is 0 Å². The predicted molar refractivity (Wildman–Crippen MR) is 68.6 cm³/mol. The molecule has 1 heterocycles. The number of ether oxygens (including phenoxy) is 2. The molecular weight excluding hydrogens is 214 g/mol. The Kier molecular flexibility index (Phi) is 4.40. The predicted octanol–water partition coefficient (Wildman–Crippen LogP) is 2.31. The molecule has 1 unspecified atom stereocenters. The maximum atomic E-state index is 5.66. The molecule has 0 radical (unpaired) electrons. The lowest BCUT2D eigenvalue weighted by molar-refractivity contribution is 0.121. The van der Waals surface area contributed by atoms with Crippen molar-refractivity contribution in [2.75, 3.05) is 26.9 Å². The first-order valence-electron chi connectivity index (χ1n) is 6.33. The zero-order valence-corrected chi connectivity index (χ0v) is 10.7. The Morgan fingerprint density at radius 2 is 2.35 bits per heavy atom. The molecule has 94 valence electrons. The van der Waals surface area contributed by atoms with E-state index in [0.717, 1.165) is 38.3 Å². The van der Waals surface area contributed by atoms with Crippen molar-refractivity contribution in [2.45, 2.75) is 25.8 Å². The Balaban J connectivity index is 2.25. The van der Waals surface area contributed by atoms with Crippen molar-refractivity contribution < 1.29 is 9.47 Å². The minimum atomic E-state index is 0.294. The first-order valence-corrected chi connectivity index (χ1v) is 6.33. The highest BCUT2D eigenvalue weighted by atomic mass is 16.5. The molecule has 3 heteroatoms. The molecule has 1 aliphatic rings. The molecule has 0 amide bonds. The molecule has 0 aromatic heterocycles. The number of hydrogen-bond donors (Lipinski definition) is 1. The van der Waals surface area contributed by atoms with E-state index in [1.807, 2.05) is 6.07 Å². The highest BCUT2D eigenvalue weighted by Crippen LogP contribution is 2.26. The number of fused-ring (bicyclic) bond motifs is 1. The zero-order chi connectivity index (χ0) is 12.1. The molecule has 1 aromatic rings. The van der Waals surface area contributed by atoms with Gasteiger partial charge in [0.05, 0.1) is 26.4 Å². The van der Waals surface area contributed by atoms with Crippen LogP contribution in [0.15, 0.2) is 18.2 Å². The molecule has 2 rings (SSSR count). The highest BCUT2D eigenvalue weighted by molar-refractivity contribution is 5.38. The molecule has 0 saturated carbocycles. The van der Waals surface area contributed by atoms with Gasteiger partial charge in [0.25, 0.3) is 0 Å². The maximum absolute atomic E-state index is 5.66. The van der Waals surface area contributed by atoms with Gasteiger partial charge in [-0.1, -0.05) is 13.0 Å². The van der Waals surface area contributed by atoms with Gasteiger partial charge in [0.2, 0.25) is 0 Å². The summed E-state index contributed by atoms with van der Waals surface area (Å²) in [5.41, 5.74) is 2.70. The van der Waals surface area contributed by atoms with Gasteiger partial charge in [-0.15, -0.1) is 0 Å². The van der Waals surface area contributed by atoms with Gasteiger partial charge in [0, 0.05) is 0 Å². The van der Waals surface area contributed by atoms with Crippen LogP contribution < -0.4 is 10.1 Å². The van der Waals surface area contributed by atoms with Crippen LogP contribution in [-0.4, -0.2) is 26.9 Å². The summed E-state index contributed by atoms with van der Waals surface area (Å²) >= 11 is 0. The van der Waals surface area contributed by atoms with Crippen molar-refractivity contribution in [1.82, 2.24) is 5.32 Å². The lowest BCUT2D eigenvalue weighted by Gasteiger charge is -2.19. The Bertz CT molecular complexity index is 365. The Morgan fingerprint density at radius 1 is 1.47 bits per heavy atom. The van der Waals surface area contributed by atoms with E-state index in [2.05, 4.69) is 24.4 Å². The zero-order valence-electron chi connectivity index (χ0n) is 10.7. The second-order valence-electron chi connectivity index (χ2n) is 4.40. The summed E-state index contributed by atoms with van der Waals surface area (Å²) in [6.07, 6.45) is 2.12. The Morgan fingerprint density at radius 3 is 3.12 bits per heavy atom. The molecule has 0 fully saturated rings. The monoisotopic (exact) mass is 235 g/mol. The Hall–Kier alpha value is -1.06. The molecule has 1 aliphatic heterocycles. The van der Waals surface area contributed by atoms with E-state index < -0.39 is 0 Å². The molecule has 1 aromatic carbocycles. The standard InChI is InChI=1S/C14H21NO2/c1-3-7-15-14-10-17-8-6-11-4-5-12(16-2)9-13(11)14/h4-5,9,14-15H,3,6-8,10H2,1-2H3. The first-order chi connectivity index (χ1) is 8.35. The van der Waals surface area contributed by atoms with E-state index in [1.54, 1.807) is 7.11 Å². The third-order valence-electron chi connectivity index (χ3n) is 3.17. The largest absolute Gasteiger partial charge is 0.497 e. The number of hydrogen-bond acceptors (Lipinski definition) is 3. The second kappa shape index (κ2) is 6.03. The average molecular weight is 235 g/mol. The lowest BCUT2D eigenvalue weighted by atomic mass is 9.99. The maximum Gasteiger partial charge on any atom is 0.119 e. The lowest BCUT2D eigenvalue weighted by Crippen LogP contribution is -2.25. The third-order valence-corrected chi connectivity index (χ3v) is 3.17. The summed E-state index contributed by atoms with van der Waals surface area (Å²) < 4.78 is 11.0. The third kappa shape index (κ3) is 2.99. The quantitative estimate of drug-likeness (QED) is 0.868. The minimum absolute atomic E-state index is 0.294. The van der Waals surface area contributed by atoms with Crippen molar-refractivity contribution in [3.63, 3.8) is 0 Å². The van der Waals surface area contributed by atoms with E-state index in [1.165, 1.54) is 11.1 Å². The van der Waals surface area contributed by atoms with Crippen LogP contribution in [0.5, 0.6) is 5.75 Å². The normalized spacial score (nSPS) is 19.5. The summed E-state index contributed by atoms with van der Waals surface area (Å²) in [5.74, 6) is 0.925. The summed E-state index contributed by atoms with van der Waals surface area (Å²) in [6.45, 7) is 4.76. The SMILES string of the molecule is CCCNC1COCCc2ccc(OC)cc21. The highest BCUT2D eigenvalue weighted by Gasteiger charge is 2.18. The van der Waals surface area contributed by atoms with E-state index in [0.29, 0.717) is 6.04 Å². The van der Waals surface area contributed by atoms with Crippen LogP contribution in [0.3, 0.4) is 0 Å². The van der Waals surface area contributed by atoms with E-state index in [9.17, 15) is 0 Å². The van der Waals surface area contributed by atoms with Crippen LogP contribution >= 0.6 is 0 Å². The first kappa shape index (κ1) is 12.4. The van der Waals surface area contributed by atoms with E-state index in [4.69, 9.17) is 9.47 Å². The Labute approximate surface area is 103 Å².